The summed E-state index contributed by atoms with van der Waals surface area (Å²) in [7, 11) is 0. The second-order valence-corrected chi connectivity index (χ2v) is 14.7. The van der Waals surface area contributed by atoms with Crippen LogP contribution < -0.4 is 4.90 Å². The molecule has 0 saturated carbocycles. The molecule has 3 aliphatic rings. The Hall–Kier alpha value is -5.02. The van der Waals surface area contributed by atoms with E-state index in [9.17, 15) is 9.59 Å². The third-order valence-corrected chi connectivity index (χ3v) is 12.0. The van der Waals surface area contributed by atoms with Gasteiger partial charge < -0.3 is 0 Å². The van der Waals surface area contributed by atoms with Crippen molar-refractivity contribution in [3.8, 4) is 11.1 Å². The standard InChI is InChI=1S/C41H27NO2Se/c1-24-11-3-10-18-35(24)42-36-20-19-26(22-31-38(43)29-14-4-5-15-30(29)39(31)44)23-34(36)41(40-37(42)21-25(2)45-40)32-16-8-6-12-27(32)28-13-7-9-17-33(28)41/h3-23H,1-2H3. The molecule has 1 aromatic heterocycles. The molecular formula is C41H27NO2Se. The van der Waals surface area contributed by atoms with Gasteiger partial charge in [0.05, 0.1) is 0 Å². The Balaban J connectivity index is 1.37. The molecule has 5 aromatic carbocycles. The normalized spacial score (nSPS) is 15.1. The van der Waals surface area contributed by atoms with E-state index in [0.717, 1.165) is 16.9 Å². The third kappa shape index (κ3) is 3.47. The predicted octanol–water partition coefficient (Wildman–Crippen LogP) is 8.97. The molecule has 9 rings (SSSR count). The number of benzene rings is 5. The van der Waals surface area contributed by atoms with Crippen molar-refractivity contribution in [2.24, 2.45) is 0 Å². The van der Waals surface area contributed by atoms with Crippen LogP contribution in [-0.4, -0.2) is 26.1 Å². The van der Waals surface area contributed by atoms with Gasteiger partial charge in [-0.05, 0) is 0 Å². The Bertz CT molecular complexity index is 2220. The fraction of sp³-hybridized carbons (Fsp3) is 0.0732. The molecule has 0 atom stereocenters. The van der Waals surface area contributed by atoms with E-state index >= 15 is 0 Å². The van der Waals surface area contributed by atoms with E-state index in [1.54, 1.807) is 18.2 Å². The van der Waals surface area contributed by atoms with Crippen LogP contribution in [0.15, 0.2) is 127 Å². The van der Waals surface area contributed by atoms with Crippen molar-refractivity contribution in [2.75, 3.05) is 4.90 Å². The number of ketones is 2. The number of Topliss-reactive ketones (excluding diaryl/α,β-unsaturated/α-hetero) is 2. The number of carbonyl (C=O) groups is 2. The number of nitrogens with zero attached hydrogens (tertiary/aromatic N) is 1. The van der Waals surface area contributed by atoms with Crippen molar-refractivity contribution in [1.82, 2.24) is 0 Å². The van der Waals surface area contributed by atoms with Gasteiger partial charge in [0.1, 0.15) is 0 Å². The molecule has 45 heavy (non-hydrogen) atoms. The zero-order valence-electron chi connectivity index (χ0n) is 24.8. The van der Waals surface area contributed by atoms with Crippen LogP contribution in [0.25, 0.3) is 17.2 Å². The molecule has 0 unspecified atom stereocenters. The summed E-state index contributed by atoms with van der Waals surface area (Å²) in [6.07, 6.45) is 1.80. The van der Waals surface area contributed by atoms with Crippen LogP contribution in [0.1, 0.15) is 57.4 Å². The van der Waals surface area contributed by atoms with Gasteiger partial charge in [0, 0.05) is 0 Å². The number of aryl methyl sites for hydroxylation is 2. The molecule has 4 heteroatoms. The number of hydrogen-bond acceptors (Lipinski definition) is 3. The van der Waals surface area contributed by atoms with Crippen LogP contribution >= 0.6 is 0 Å². The molecule has 0 fully saturated rings. The van der Waals surface area contributed by atoms with Crippen molar-refractivity contribution in [3.05, 3.63) is 175 Å². The van der Waals surface area contributed by atoms with Crippen molar-refractivity contribution < 1.29 is 9.59 Å². The topological polar surface area (TPSA) is 37.4 Å². The summed E-state index contributed by atoms with van der Waals surface area (Å²) in [6, 6.07) is 42.2. The molecule has 3 nitrogen and oxygen atoms in total. The summed E-state index contributed by atoms with van der Waals surface area (Å²) >= 11 is 0.117. The molecule has 214 valence electrons. The Morgan fingerprint density at radius 1 is 0.578 bits per heavy atom. The fourth-order valence-electron chi connectivity index (χ4n) is 7.74. The van der Waals surface area contributed by atoms with E-state index in [0.29, 0.717) is 11.1 Å². The molecule has 1 spiro atoms. The number of allylic oxidation sites excluding steroid dienone is 1. The van der Waals surface area contributed by atoms with Gasteiger partial charge in [-0.2, -0.15) is 0 Å². The van der Waals surface area contributed by atoms with Gasteiger partial charge in [0.15, 0.2) is 0 Å². The minimum atomic E-state index is -0.494. The first-order valence-electron chi connectivity index (χ1n) is 15.2. The van der Waals surface area contributed by atoms with E-state index < -0.39 is 5.41 Å². The molecule has 0 saturated heterocycles. The Morgan fingerprint density at radius 3 is 1.80 bits per heavy atom. The Morgan fingerprint density at radius 2 is 1.16 bits per heavy atom. The van der Waals surface area contributed by atoms with Gasteiger partial charge in [-0.15, -0.1) is 0 Å². The first kappa shape index (κ1) is 26.4. The number of carbonyl (C=O) groups excluding carboxylic acids is 2. The van der Waals surface area contributed by atoms with Crippen LogP contribution in [0, 0.1) is 13.8 Å². The van der Waals surface area contributed by atoms with Crippen molar-refractivity contribution in [2.45, 2.75) is 19.3 Å². The summed E-state index contributed by atoms with van der Waals surface area (Å²) in [5.41, 5.74) is 12.6. The maximum atomic E-state index is 13.4. The third-order valence-electron chi connectivity index (χ3n) is 9.61. The number of para-hydroxylation sites is 1. The molecule has 1 aliphatic heterocycles. The molecule has 2 heterocycles. The van der Waals surface area contributed by atoms with E-state index in [-0.39, 0.29) is 31.6 Å². The fourth-order valence-corrected chi connectivity index (χ4v) is 10.3. The van der Waals surface area contributed by atoms with Crippen molar-refractivity contribution in [3.63, 3.8) is 0 Å². The van der Waals surface area contributed by atoms with Crippen LogP contribution in [-0.2, 0) is 5.41 Å². The minimum absolute atomic E-state index is 0.117. The second-order valence-electron chi connectivity index (χ2n) is 12.1. The zero-order chi connectivity index (χ0) is 30.4. The summed E-state index contributed by atoms with van der Waals surface area (Å²) in [6.45, 7) is 4.43. The van der Waals surface area contributed by atoms with Crippen LogP contribution in [0.2, 0.25) is 0 Å². The zero-order valence-corrected chi connectivity index (χ0v) is 26.5. The van der Waals surface area contributed by atoms with Gasteiger partial charge in [-0.3, -0.25) is 0 Å². The summed E-state index contributed by atoms with van der Waals surface area (Å²) in [4.78, 5) is 29.3. The average molecular weight is 645 g/mol. The molecule has 0 radical (unpaired) electrons. The number of anilines is 3. The summed E-state index contributed by atoms with van der Waals surface area (Å²) in [5, 5.41) is 0. The molecule has 6 aromatic rings. The summed E-state index contributed by atoms with van der Waals surface area (Å²) < 4.78 is 2.81. The van der Waals surface area contributed by atoms with Crippen molar-refractivity contribution in [1.29, 1.82) is 0 Å². The van der Waals surface area contributed by atoms with Gasteiger partial charge in [0.25, 0.3) is 0 Å². The van der Waals surface area contributed by atoms with E-state index in [1.165, 1.54) is 47.9 Å². The molecule has 2 aliphatic carbocycles. The predicted molar refractivity (Wildman–Crippen MR) is 181 cm³/mol. The SMILES string of the molecule is Cc1cc2c([se]1)C1(c3ccccc3-c3ccccc31)c1cc(C=C3C(=O)c4ccccc4C3=O)ccc1N2c1ccccc1C. The van der Waals surface area contributed by atoms with Crippen LogP contribution in [0.3, 0.4) is 0 Å². The Kier molecular flexibility index (Phi) is 5.56. The first-order chi connectivity index (χ1) is 22.0. The first-order valence-corrected chi connectivity index (χ1v) is 16.9. The van der Waals surface area contributed by atoms with Crippen LogP contribution in [0.5, 0.6) is 0 Å². The van der Waals surface area contributed by atoms with Crippen LogP contribution in [0.4, 0.5) is 17.1 Å². The van der Waals surface area contributed by atoms with Crippen molar-refractivity contribution >= 4 is 49.2 Å². The molecule has 0 N–H and O–H groups in total. The number of rotatable bonds is 2. The number of fused-ring (bicyclic) bond motifs is 10. The van der Waals surface area contributed by atoms with Gasteiger partial charge >= 0.3 is 269 Å². The van der Waals surface area contributed by atoms with Gasteiger partial charge in [-0.25, -0.2) is 0 Å². The Labute approximate surface area is 267 Å². The van der Waals surface area contributed by atoms with Gasteiger partial charge in [-0.1, -0.05) is 0 Å². The average Bonchev–Trinajstić information content (AvgIpc) is 3.68. The molecule has 0 amide bonds. The molecular weight excluding hydrogens is 617 g/mol. The van der Waals surface area contributed by atoms with E-state index in [2.05, 4.69) is 116 Å². The van der Waals surface area contributed by atoms with E-state index in [1.807, 2.05) is 12.1 Å². The summed E-state index contributed by atoms with van der Waals surface area (Å²) in [5.74, 6) is -0.407. The second kappa shape index (κ2) is 9.49. The van der Waals surface area contributed by atoms with Gasteiger partial charge in [0.2, 0.25) is 0 Å². The quantitative estimate of drug-likeness (QED) is 0.107. The monoisotopic (exact) mass is 645 g/mol. The number of hydrogen-bond donors (Lipinski definition) is 0. The molecule has 0 bridgehead atoms. The van der Waals surface area contributed by atoms with E-state index in [4.69, 9.17) is 0 Å². The maximum absolute atomic E-state index is 13.4.